The van der Waals surface area contributed by atoms with E-state index in [0.29, 0.717) is 6.04 Å². The van der Waals surface area contributed by atoms with Crippen molar-refractivity contribution in [3.8, 4) is 0 Å². The second-order valence-corrected chi connectivity index (χ2v) is 6.31. The maximum absolute atomic E-state index is 4.33. The first-order valence-electron chi connectivity index (χ1n) is 8.00. The van der Waals surface area contributed by atoms with E-state index >= 15 is 0 Å². The highest BCUT2D eigenvalue weighted by Gasteiger charge is 2.10. The molecule has 0 N–H and O–H groups in total. The second-order valence-electron chi connectivity index (χ2n) is 5.51. The number of nitrogens with zero attached hydrogens (tertiary/aromatic N) is 1. The topological polar surface area (TPSA) is 12.4 Å². The van der Waals surface area contributed by atoms with Crippen LogP contribution in [0.25, 0.3) is 0 Å². The molecule has 0 fully saturated rings. The molecule has 1 nitrogen and oxygen atoms in total. The first kappa shape index (κ1) is 16.1. The molecule has 0 amide bonds. The highest BCUT2D eigenvalue weighted by atomic mass is 32.2. The molecule has 0 aliphatic carbocycles. The van der Waals surface area contributed by atoms with Crippen LogP contribution in [0.3, 0.4) is 0 Å². The van der Waals surface area contributed by atoms with Crippen LogP contribution in [-0.4, -0.2) is 17.3 Å². The highest BCUT2D eigenvalue weighted by molar-refractivity contribution is 8.12. The standard InChI is InChI=1S/C16H30NS/c1-2-3-4-5-6-7-8-9-10-11-12-13-16-14-18-15-17-16/h16H,2-14H2,1H3. The van der Waals surface area contributed by atoms with Crippen LogP contribution in [0.1, 0.15) is 84.0 Å². The number of hydrogen-bond donors (Lipinski definition) is 0. The molecule has 1 unspecified atom stereocenters. The molecule has 0 spiro atoms. The molecule has 0 aromatic heterocycles. The fourth-order valence-corrected chi connectivity index (χ4v) is 3.21. The Morgan fingerprint density at radius 1 is 0.889 bits per heavy atom. The lowest BCUT2D eigenvalue weighted by atomic mass is 10.0. The van der Waals surface area contributed by atoms with Crippen LogP contribution in [-0.2, 0) is 0 Å². The van der Waals surface area contributed by atoms with Gasteiger partial charge in [-0.1, -0.05) is 77.6 Å². The normalized spacial score (nSPS) is 18.6. The zero-order chi connectivity index (χ0) is 12.9. The fraction of sp³-hybridized carbons (Fsp3) is 0.938. The van der Waals surface area contributed by atoms with Gasteiger partial charge in [0.15, 0.2) is 0 Å². The summed E-state index contributed by atoms with van der Waals surface area (Å²) in [5.74, 6) is 1.18. The Labute approximate surface area is 118 Å². The summed E-state index contributed by atoms with van der Waals surface area (Å²) in [6, 6.07) is 0.591. The first-order valence-corrected chi connectivity index (χ1v) is 8.98. The van der Waals surface area contributed by atoms with Crippen molar-refractivity contribution in [3.63, 3.8) is 0 Å². The summed E-state index contributed by atoms with van der Waals surface area (Å²) in [4.78, 5) is 4.33. The van der Waals surface area contributed by atoms with Crippen LogP contribution in [0, 0.1) is 0 Å². The van der Waals surface area contributed by atoms with E-state index in [1.54, 1.807) is 11.8 Å². The van der Waals surface area contributed by atoms with Gasteiger partial charge in [-0.2, -0.15) is 0 Å². The third kappa shape index (κ3) is 9.02. The molecule has 1 atom stereocenters. The van der Waals surface area contributed by atoms with Crippen LogP contribution < -0.4 is 0 Å². The van der Waals surface area contributed by atoms with E-state index in [0.717, 1.165) is 0 Å². The first-order chi connectivity index (χ1) is 8.93. The quantitative estimate of drug-likeness (QED) is 0.413. The van der Waals surface area contributed by atoms with Gasteiger partial charge in [-0.25, -0.2) is 0 Å². The Kier molecular flexibility index (Phi) is 10.8. The second kappa shape index (κ2) is 12.1. The number of aliphatic imine (C=N–C) groups is 1. The van der Waals surface area contributed by atoms with Gasteiger partial charge in [0.25, 0.3) is 0 Å². The summed E-state index contributed by atoms with van der Waals surface area (Å²) in [6.07, 6.45) is 17.0. The summed E-state index contributed by atoms with van der Waals surface area (Å²) in [5.41, 5.74) is 3.00. The molecule has 1 rings (SSSR count). The van der Waals surface area contributed by atoms with Crippen LogP contribution in [0.2, 0.25) is 0 Å². The molecule has 0 aromatic rings. The molecule has 0 aromatic carbocycles. The lowest BCUT2D eigenvalue weighted by Crippen LogP contribution is -2.02. The number of rotatable bonds is 12. The van der Waals surface area contributed by atoms with Gasteiger partial charge in [0.2, 0.25) is 0 Å². The van der Waals surface area contributed by atoms with Crippen molar-refractivity contribution >= 4 is 17.3 Å². The maximum atomic E-state index is 4.33. The van der Waals surface area contributed by atoms with Crippen molar-refractivity contribution in [2.45, 2.75) is 90.0 Å². The van der Waals surface area contributed by atoms with Gasteiger partial charge < -0.3 is 0 Å². The third-order valence-corrected chi connectivity index (χ3v) is 4.50. The molecule has 0 bridgehead atoms. The molecule has 1 aliphatic rings. The monoisotopic (exact) mass is 268 g/mol. The lowest BCUT2D eigenvalue weighted by molar-refractivity contribution is 0.533. The van der Waals surface area contributed by atoms with Gasteiger partial charge in [-0.05, 0) is 6.42 Å². The predicted molar refractivity (Wildman–Crippen MR) is 84.8 cm³/mol. The van der Waals surface area contributed by atoms with E-state index < -0.39 is 0 Å². The van der Waals surface area contributed by atoms with Crippen molar-refractivity contribution in [2.75, 3.05) is 5.75 Å². The van der Waals surface area contributed by atoms with E-state index in [1.165, 1.54) is 82.8 Å². The minimum atomic E-state index is 0.591. The number of hydrogen-bond acceptors (Lipinski definition) is 2. The molecular weight excluding hydrogens is 238 g/mol. The molecule has 0 saturated carbocycles. The molecule has 1 heterocycles. The SMILES string of the molecule is CCCCCCCCCCCCCC1CS[C]=N1. The highest BCUT2D eigenvalue weighted by Crippen LogP contribution is 2.18. The smallest absolute Gasteiger partial charge is 0.123 e. The predicted octanol–water partition coefficient (Wildman–Crippen LogP) is 5.71. The van der Waals surface area contributed by atoms with Crippen molar-refractivity contribution in [1.29, 1.82) is 0 Å². The Balaban J connectivity index is 1.69. The van der Waals surface area contributed by atoms with Crippen molar-refractivity contribution in [1.82, 2.24) is 0 Å². The zero-order valence-corrected chi connectivity index (χ0v) is 12.9. The Hall–Kier alpha value is 0.0200. The van der Waals surface area contributed by atoms with Gasteiger partial charge in [-0.3, -0.25) is 4.99 Å². The van der Waals surface area contributed by atoms with Crippen LogP contribution in [0.4, 0.5) is 0 Å². The Morgan fingerprint density at radius 3 is 1.94 bits per heavy atom. The Morgan fingerprint density at radius 2 is 1.44 bits per heavy atom. The molecule has 105 valence electrons. The lowest BCUT2D eigenvalue weighted by Gasteiger charge is -2.05. The maximum Gasteiger partial charge on any atom is 0.123 e. The molecule has 1 radical (unpaired) electrons. The molecule has 18 heavy (non-hydrogen) atoms. The van der Waals surface area contributed by atoms with E-state index in [-0.39, 0.29) is 0 Å². The largest absolute Gasteiger partial charge is 0.271 e. The molecular formula is C16H30NS. The van der Waals surface area contributed by atoms with Crippen molar-refractivity contribution in [3.05, 3.63) is 0 Å². The van der Waals surface area contributed by atoms with Gasteiger partial charge >= 0.3 is 0 Å². The fourth-order valence-electron chi connectivity index (χ4n) is 2.47. The van der Waals surface area contributed by atoms with Crippen LogP contribution >= 0.6 is 11.8 Å². The summed E-state index contributed by atoms with van der Waals surface area (Å²) >= 11 is 1.75. The van der Waals surface area contributed by atoms with Crippen molar-refractivity contribution < 1.29 is 0 Å². The average Bonchev–Trinajstić information content (AvgIpc) is 2.89. The molecule has 0 saturated heterocycles. The summed E-state index contributed by atoms with van der Waals surface area (Å²) < 4.78 is 0. The number of thioether (sulfide) groups is 1. The van der Waals surface area contributed by atoms with E-state index in [9.17, 15) is 0 Å². The molecule has 2 heteroatoms. The van der Waals surface area contributed by atoms with Crippen molar-refractivity contribution in [2.24, 2.45) is 4.99 Å². The van der Waals surface area contributed by atoms with E-state index in [4.69, 9.17) is 0 Å². The van der Waals surface area contributed by atoms with Gasteiger partial charge in [-0.15, -0.1) is 11.8 Å². The van der Waals surface area contributed by atoms with Gasteiger partial charge in [0.05, 0.1) is 6.04 Å². The minimum Gasteiger partial charge on any atom is -0.271 e. The summed E-state index contributed by atoms with van der Waals surface area (Å²) in [6.45, 7) is 2.29. The summed E-state index contributed by atoms with van der Waals surface area (Å²) in [7, 11) is 0. The Bertz CT molecular complexity index is 203. The van der Waals surface area contributed by atoms with Crippen LogP contribution in [0.15, 0.2) is 4.99 Å². The molecule has 1 aliphatic heterocycles. The van der Waals surface area contributed by atoms with E-state index in [1.807, 2.05) is 0 Å². The van der Waals surface area contributed by atoms with E-state index in [2.05, 4.69) is 17.5 Å². The third-order valence-electron chi connectivity index (χ3n) is 3.72. The minimum absolute atomic E-state index is 0.591. The average molecular weight is 268 g/mol. The van der Waals surface area contributed by atoms with Gasteiger partial charge in [0.1, 0.15) is 5.55 Å². The zero-order valence-electron chi connectivity index (χ0n) is 12.1. The number of unbranched alkanes of at least 4 members (excludes halogenated alkanes) is 10. The summed E-state index contributed by atoms with van der Waals surface area (Å²) in [5, 5.41) is 0. The van der Waals surface area contributed by atoms with Gasteiger partial charge in [0, 0.05) is 5.75 Å². The van der Waals surface area contributed by atoms with Crippen LogP contribution in [0.5, 0.6) is 0 Å².